The number of amides is 3. The Hall–Kier alpha value is -0.995. The predicted molar refractivity (Wildman–Crippen MR) is 33.5 cm³/mol. The Bertz CT molecular complexity index is 159. The number of hydrogen-bond donors (Lipinski definition) is 2. The molecule has 1 rings (SSSR count). The molecule has 0 aromatic rings. The van der Waals surface area contributed by atoms with E-state index in [9.17, 15) is 9.59 Å². The maximum Gasteiger partial charge on any atom is 0.320 e. The summed E-state index contributed by atoms with van der Waals surface area (Å²) < 4.78 is 0. The van der Waals surface area contributed by atoms with Crippen molar-refractivity contribution in [2.75, 3.05) is 6.44 Å². The van der Waals surface area contributed by atoms with Crippen LogP contribution in [0, 0.1) is 0 Å². The molecule has 0 unspecified atom stereocenters. The van der Waals surface area contributed by atoms with Crippen molar-refractivity contribution < 1.29 is 9.59 Å². The van der Waals surface area contributed by atoms with Gasteiger partial charge in [-0.15, -0.1) is 0 Å². The lowest BCUT2D eigenvalue weighted by Gasteiger charge is -2.15. The van der Waals surface area contributed by atoms with Crippen LogP contribution in [0.15, 0.2) is 0 Å². The number of urea groups is 1. The van der Waals surface area contributed by atoms with Gasteiger partial charge in [-0.3, -0.25) is 10.1 Å². The van der Waals surface area contributed by atoms with E-state index < -0.39 is 6.03 Å². The summed E-state index contributed by atoms with van der Waals surface area (Å²) in [6.07, 6.45) is 0.449. The number of carbonyl (C=O) groups is 2. The van der Waals surface area contributed by atoms with E-state index >= 15 is 0 Å². The van der Waals surface area contributed by atoms with Crippen LogP contribution in [-0.4, -0.2) is 25.0 Å². The molecule has 9 heavy (non-hydrogen) atoms. The van der Waals surface area contributed by atoms with Crippen LogP contribution in [0.25, 0.3) is 0 Å². The van der Waals surface area contributed by atoms with Gasteiger partial charge in [0.25, 0.3) is 6.71 Å². The van der Waals surface area contributed by atoms with Gasteiger partial charge in [-0.25, -0.2) is 4.79 Å². The van der Waals surface area contributed by atoms with Crippen LogP contribution < -0.4 is 10.6 Å². The van der Waals surface area contributed by atoms with Gasteiger partial charge >= 0.3 is 6.03 Å². The zero-order valence-corrected chi connectivity index (χ0v) is 5.10. The second-order valence-corrected chi connectivity index (χ2v) is 2.10. The first-order valence-electron chi connectivity index (χ1n) is 2.79. The maximum absolute atomic E-state index is 10.6. The van der Waals surface area contributed by atoms with E-state index in [-0.39, 0.29) is 12.5 Å². The minimum absolute atomic E-state index is 0.0947. The van der Waals surface area contributed by atoms with Crippen molar-refractivity contribution in [2.45, 2.75) is 6.82 Å². The summed E-state index contributed by atoms with van der Waals surface area (Å²) in [7, 11) is 0. The lowest BCUT2D eigenvalue weighted by molar-refractivity contribution is 0.234. The summed E-state index contributed by atoms with van der Waals surface area (Å²) in [5.41, 5.74) is 0. The van der Waals surface area contributed by atoms with E-state index in [1.54, 1.807) is 6.82 Å². The van der Waals surface area contributed by atoms with Gasteiger partial charge in [0.1, 0.15) is 0 Å². The highest BCUT2D eigenvalue weighted by Gasteiger charge is 2.24. The van der Waals surface area contributed by atoms with E-state index in [2.05, 4.69) is 10.6 Å². The average molecular weight is 126 g/mol. The molecule has 1 fully saturated rings. The molecule has 48 valence electrons. The fourth-order valence-corrected chi connectivity index (χ4v) is 0.618. The highest BCUT2D eigenvalue weighted by Crippen LogP contribution is 1.87. The lowest BCUT2D eigenvalue weighted by atomic mass is 9.50. The first kappa shape index (κ1) is 6.13. The fraction of sp³-hybridized carbons (Fsp3) is 0.500. The quantitative estimate of drug-likeness (QED) is 0.436. The second-order valence-electron chi connectivity index (χ2n) is 2.10. The molecule has 1 heterocycles. The minimum atomic E-state index is -0.391. The van der Waals surface area contributed by atoms with Crippen LogP contribution >= 0.6 is 0 Å². The zero-order valence-electron chi connectivity index (χ0n) is 5.10. The van der Waals surface area contributed by atoms with Crippen molar-refractivity contribution in [2.24, 2.45) is 0 Å². The number of hydrogen-bond acceptors (Lipinski definition) is 2. The molecule has 0 spiro atoms. The molecule has 0 radical (unpaired) electrons. The van der Waals surface area contributed by atoms with Gasteiger partial charge in [-0.05, 0) is 0 Å². The summed E-state index contributed by atoms with van der Waals surface area (Å²) in [6, 6.07) is -0.391. The van der Waals surface area contributed by atoms with Gasteiger partial charge in [-0.1, -0.05) is 6.82 Å². The number of carbonyl (C=O) groups excluding carboxylic acids is 2. The van der Waals surface area contributed by atoms with Gasteiger partial charge in [0.15, 0.2) is 5.81 Å². The summed E-state index contributed by atoms with van der Waals surface area (Å²) in [5, 5.41) is 4.63. The van der Waals surface area contributed by atoms with Crippen molar-refractivity contribution in [3.05, 3.63) is 0 Å². The molecule has 0 aromatic heterocycles. The van der Waals surface area contributed by atoms with Gasteiger partial charge in [-0.2, -0.15) is 0 Å². The highest BCUT2D eigenvalue weighted by atomic mass is 16.2. The van der Waals surface area contributed by atoms with Crippen LogP contribution in [-0.2, 0) is 0 Å². The smallest absolute Gasteiger partial charge is 0.320 e. The maximum atomic E-state index is 10.6. The van der Waals surface area contributed by atoms with E-state index in [4.69, 9.17) is 0 Å². The summed E-state index contributed by atoms with van der Waals surface area (Å²) in [6.45, 7) is 1.66. The molecule has 1 aliphatic heterocycles. The highest BCUT2D eigenvalue weighted by molar-refractivity contribution is 6.90. The molecule has 1 saturated heterocycles. The molecular weight excluding hydrogens is 119 g/mol. The van der Waals surface area contributed by atoms with Crippen molar-refractivity contribution >= 4 is 18.6 Å². The van der Waals surface area contributed by atoms with Crippen molar-refractivity contribution in [1.82, 2.24) is 10.6 Å². The first-order valence-corrected chi connectivity index (χ1v) is 2.79. The van der Waals surface area contributed by atoms with E-state index in [0.29, 0.717) is 6.44 Å². The van der Waals surface area contributed by atoms with E-state index in [1.807, 2.05) is 0 Å². The summed E-state index contributed by atoms with van der Waals surface area (Å²) in [5.74, 6) is -0.196. The predicted octanol–water partition coefficient (Wildman–Crippen LogP) is -0.335. The Labute approximate surface area is 53.1 Å². The summed E-state index contributed by atoms with van der Waals surface area (Å²) in [4.78, 5) is 21.0. The largest absolute Gasteiger partial charge is 0.345 e. The molecule has 3 amide bonds. The average Bonchev–Trinajstić information content (AvgIpc) is 1.80. The first-order chi connectivity index (χ1) is 4.20. The molecule has 0 aromatic carbocycles. The molecule has 1 aliphatic rings. The fourth-order valence-electron chi connectivity index (χ4n) is 0.618. The number of imide groups is 1. The standard InChI is InChI=1S/C4H7BN2O2/c1-5-2-6-4(9)7-3(5)8/h2H2,1H3,(H2,6,7,8,9). The van der Waals surface area contributed by atoms with Gasteiger partial charge in [0.05, 0.1) is 0 Å². The van der Waals surface area contributed by atoms with Gasteiger partial charge < -0.3 is 5.32 Å². The molecule has 2 N–H and O–H groups in total. The molecular formula is C4H7BN2O2. The normalized spacial score (nSPS) is 19.0. The third kappa shape index (κ3) is 1.22. The van der Waals surface area contributed by atoms with E-state index in [1.165, 1.54) is 0 Å². The molecule has 4 nitrogen and oxygen atoms in total. The Balaban J connectivity index is 2.54. The number of nitrogens with one attached hydrogen (secondary N) is 2. The summed E-state index contributed by atoms with van der Waals surface area (Å²) >= 11 is 0. The molecule has 0 atom stereocenters. The van der Waals surface area contributed by atoms with Crippen LogP contribution in [0.1, 0.15) is 0 Å². The topological polar surface area (TPSA) is 58.2 Å². The molecule has 5 heteroatoms. The Morgan fingerprint density at radius 1 is 1.56 bits per heavy atom. The number of rotatable bonds is 0. The van der Waals surface area contributed by atoms with Crippen LogP contribution in [0.4, 0.5) is 9.59 Å². The third-order valence-electron chi connectivity index (χ3n) is 1.25. The molecule has 0 aliphatic carbocycles. The van der Waals surface area contributed by atoms with Crippen molar-refractivity contribution in [1.29, 1.82) is 0 Å². The lowest BCUT2D eigenvalue weighted by Crippen LogP contribution is -2.55. The second kappa shape index (κ2) is 2.09. The Kier molecular flexibility index (Phi) is 1.42. The van der Waals surface area contributed by atoms with Crippen LogP contribution in [0.3, 0.4) is 0 Å². The molecule has 0 saturated carbocycles. The van der Waals surface area contributed by atoms with Crippen molar-refractivity contribution in [3.8, 4) is 0 Å². The van der Waals surface area contributed by atoms with Crippen LogP contribution in [0.5, 0.6) is 0 Å². The van der Waals surface area contributed by atoms with Crippen molar-refractivity contribution in [3.63, 3.8) is 0 Å². The van der Waals surface area contributed by atoms with Gasteiger partial charge in [0.2, 0.25) is 0 Å². The molecule has 0 bridgehead atoms. The SMILES string of the molecule is CB1CNC(=O)NC1=O. The Morgan fingerprint density at radius 3 is 2.67 bits per heavy atom. The Morgan fingerprint density at radius 2 is 2.22 bits per heavy atom. The third-order valence-corrected chi connectivity index (χ3v) is 1.25. The monoisotopic (exact) mass is 126 g/mol. The minimum Gasteiger partial charge on any atom is -0.345 e. The van der Waals surface area contributed by atoms with Gasteiger partial charge in [0, 0.05) is 6.44 Å². The zero-order chi connectivity index (χ0) is 6.85. The van der Waals surface area contributed by atoms with E-state index in [0.717, 1.165) is 0 Å². The van der Waals surface area contributed by atoms with Crippen LogP contribution in [0.2, 0.25) is 6.82 Å².